The highest BCUT2D eigenvalue weighted by Crippen LogP contribution is 2.28. The summed E-state index contributed by atoms with van der Waals surface area (Å²) in [6, 6.07) is 6.65. The molecule has 108 valence electrons. The third-order valence-corrected chi connectivity index (χ3v) is 4.14. The normalized spacial score (nSPS) is 19.9. The number of aromatic nitrogens is 2. The summed E-state index contributed by atoms with van der Waals surface area (Å²) in [5.41, 5.74) is 3.75. The number of piperidine rings is 1. The van der Waals surface area contributed by atoms with E-state index in [9.17, 15) is 0 Å². The molecule has 0 saturated carbocycles. The van der Waals surface area contributed by atoms with Crippen molar-refractivity contribution in [3.8, 4) is 0 Å². The van der Waals surface area contributed by atoms with Crippen molar-refractivity contribution in [2.45, 2.75) is 46.1 Å². The summed E-state index contributed by atoms with van der Waals surface area (Å²) in [6.45, 7) is 9.99. The molecule has 2 aromatic rings. The van der Waals surface area contributed by atoms with E-state index in [0.29, 0.717) is 11.8 Å². The van der Waals surface area contributed by atoms with Gasteiger partial charge in [-0.25, -0.2) is 4.98 Å². The first-order chi connectivity index (χ1) is 9.65. The Kier molecular flexibility index (Phi) is 3.79. The minimum atomic E-state index is 0.565. The molecule has 1 N–H and O–H groups in total. The number of fused-ring (bicyclic) bond motifs is 1. The molecule has 20 heavy (non-hydrogen) atoms. The molecule has 1 atom stereocenters. The van der Waals surface area contributed by atoms with Crippen LogP contribution in [0.1, 0.15) is 44.0 Å². The number of nitrogens with zero attached hydrogens (tertiary/aromatic N) is 2. The Morgan fingerprint density at radius 2 is 2.25 bits per heavy atom. The number of imidazole rings is 1. The van der Waals surface area contributed by atoms with Gasteiger partial charge in [-0.1, -0.05) is 19.9 Å². The van der Waals surface area contributed by atoms with Gasteiger partial charge in [-0.2, -0.15) is 0 Å². The molecule has 1 aromatic carbocycles. The zero-order valence-electron chi connectivity index (χ0n) is 12.8. The molecule has 0 bridgehead atoms. The molecule has 1 aliphatic rings. The SMILES string of the molecule is Cc1ccc2c(c1)nc(C1CCCNC1)n2CC(C)C. The van der Waals surface area contributed by atoms with Gasteiger partial charge < -0.3 is 9.88 Å². The van der Waals surface area contributed by atoms with Gasteiger partial charge in [0.25, 0.3) is 0 Å². The predicted octanol–water partition coefficient (Wildman–Crippen LogP) is 3.47. The third kappa shape index (κ3) is 2.59. The maximum Gasteiger partial charge on any atom is 0.114 e. The van der Waals surface area contributed by atoms with E-state index in [4.69, 9.17) is 4.98 Å². The van der Waals surface area contributed by atoms with Crippen molar-refractivity contribution in [1.82, 2.24) is 14.9 Å². The molecule has 0 radical (unpaired) electrons. The molecule has 3 rings (SSSR count). The van der Waals surface area contributed by atoms with Crippen molar-refractivity contribution < 1.29 is 0 Å². The van der Waals surface area contributed by atoms with Crippen molar-refractivity contribution in [3.63, 3.8) is 0 Å². The maximum atomic E-state index is 4.97. The highest BCUT2D eigenvalue weighted by molar-refractivity contribution is 5.77. The van der Waals surface area contributed by atoms with Crippen LogP contribution in [0.3, 0.4) is 0 Å². The van der Waals surface area contributed by atoms with Gasteiger partial charge >= 0.3 is 0 Å². The zero-order chi connectivity index (χ0) is 14.1. The van der Waals surface area contributed by atoms with E-state index in [1.165, 1.54) is 29.7 Å². The molecule has 1 aliphatic heterocycles. The van der Waals surface area contributed by atoms with Gasteiger partial charge in [0.2, 0.25) is 0 Å². The van der Waals surface area contributed by atoms with Crippen molar-refractivity contribution >= 4 is 11.0 Å². The fourth-order valence-electron chi connectivity index (χ4n) is 3.20. The van der Waals surface area contributed by atoms with Crippen molar-refractivity contribution in [2.24, 2.45) is 5.92 Å². The van der Waals surface area contributed by atoms with Crippen LogP contribution in [-0.2, 0) is 6.54 Å². The molecule has 1 aromatic heterocycles. The smallest absolute Gasteiger partial charge is 0.114 e. The summed E-state index contributed by atoms with van der Waals surface area (Å²) in [7, 11) is 0. The third-order valence-electron chi connectivity index (χ3n) is 4.14. The predicted molar refractivity (Wildman–Crippen MR) is 84.2 cm³/mol. The Hall–Kier alpha value is -1.35. The molecule has 3 heteroatoms. The molecule has 1 fully saturated rings. The minimum Gasteiger partial charge on any atom is -0.327 e. The highest BCUT2D eigenvalue weighted by Gasteiger charge is 2.22. The lowest BCUT2D eigenvalue weighted by atomic mass is 9.98. The minimum absolute atomic E-state index is 0.565. The van der Waals surface area contributed by atoms with Gasteiger partial charge in [0.05, 0.1) is 11.0 Å². The van der Waals surface area contributed by atoms with Gasteiger partial charge in [-0.15, -0.1) is 0 Å². The van der Waals surface area contributed by atoms with E-state index in [0.717, 1.165) is 25.2 Å². The zero-order valence-corrected chi connectivity index (χ0v) is 12.8. The average molecular weight is 271 g/mol. The van der Waals surface area contributed by atoms with E-state index >= 15 is 0 Å². The summed E-state index contributed by atoms with van der Waals surface area (Å²) >= 11 is 0. The van der Waals surface area contributed by atoms with Crippen LogP contribution in [0, 0.1) is 12.8 Å². The molecule has 3 nitrogen and oxygen atoms in total. The highest BCUT2D eigenvalue weighted by atomic mass is 15.1. The number of rotatable bonds is 3. The summed E-state index contributed by atoms with van der Waals surface area (Å²) in [6.07, 6.45) is 2.52. The van der Waals surface area contributed by atoms with Gasteiger partial charge in [-0.05, 0) is 49.9 Å². The maximum absolute atomic E-state index is 4.97. The Bertz CT molecular complexity index is 592. The van der Waals surface area contributed by atoms with E-state index in [1.54, 1.807) is 0 Å². The average Bonchev–Trinajstić information content (AvgIpc) is 2.77. The van der Waals surface area contributed by atoms with Crippen LogP contribution in [0.15, 0.2) is 18.2 Å². The van der Waals surface area contributed by atoms with Crippen LogP contribution in [-0.4, -0.2) is 22.6 Å². The number of nitrogens with one attached hydrogen (secondary N) is 1. The summed E-state index contributed by atoms with van der Waals surface area (Å²) in [5, 5.41) is 3.52. The number of hydrogen-bond donors (Lipinski definition) is 1. The molecule has 0 spiro atoms. The van der Waals surface area contributed by atoms with E-state index in [-0.39, 0.29) is 0 Å². The van der Waals surface area contributed by atoms with Crippen LogP contribution in [0.2, 0.25) is 0 Å². The first-order valence-electron chi connectivity index (χ1n) is 7.82. The van der Waals surface area contributed by atoms with E-state index in [1.807, 2.05) is 0 Å². The Labute approximate surface area is 121 Å². The largest absolute Gasteiger partial charge is 0.327 e. The van der Waals surface area contributed by atoms with Crippen LogP contribution in [0.25, 0.3) is 11.0 Å². The first-order valence-corrected chi connectivity index (χ1v) is 7.82. The monoisotopic (exact) mass is 271 g/mol. The number of aryl methyl sites for hydroxylation is 1. The second-order valence-corrected chi connectivity index (χ2v) is 6.51. The van der Waals surface area contributed by atoms with Crippen molar-refractivity contribution in [2.75, 3.05) is 13.1 Å². The molecule has 1 saturated heterocycles. The van der Waals surface area contributed by atoms with Gasteiger partial charge in [0, 0.05) is 19.0 Å². The van der Waals surface area contributed by atoms with Crippen LogP contribution >= 0.6 is 0 Å². The molecular formula is C17H25N3. The lowest BCUT2D eigenvalue weighted by molar-refractivity contribution is 0.421. The fraction of sp³-hybridized carbons (Fsp3) is 0.588. The summed E-state index contributed by atoms with van der Waals surface area (Å²) in [5.74, 6) is 2.49. The fourth-order valence-corrected chi connectivity index (χ4v) is 3.20. The molecule has 2 heterocycles. The van der Waals surface area contributed by atoms with E-state index < -0.39 is 0 Å². The number of hydrogen-bond acceptors (Lipinski definition) is 2. The molecule has 0 aliphatic carbocycles. The molecular weight excluding hydrogens is 246 g/mol. The first kappa shape index (κ1) is 13.6. The summed E-state index contributed by atoms with van der Waals surface area (Å²) < 4.78 is 2.46. The quantitative estimate of drug-likeness (QED) is 0.926. The second-order valence-electron chi connectivity index (χ2n) is 6.51. The second kappa shape index (κ2) is 5.57. The van der Waals surface area contributed by atoms with Gasteiger partial charge in [0.15, 0.2) is 0 Å². The lowest BCUT2D eigenvalue weighted by Crippen LogP contribution is -2.30. The van der Waals surface area contributed by atoms with Gasteiger partial charge in [0.1, 0.15) is 5.82 Å². The van der Waals surface area contributed by atoms with Crippen molar-refractivity contribution in [3.05, 3.63) is 29.6 Å². The Balaban J connectivity index is 2.08. The molecule has 0 amide bonds. The molecule has 1 unspecified atom stereocenters. The van der Waals surface area contributed by atoms with Crippen LogP contribution in [0.4, 0.5) is 0 Å². The Morgan fingerprint density at radius 3 is 2.95 bits per heavy atom. The standard InChI is InChI=1S/C17H25N3/c1-12(2)11-20-16-7-6-13(3)9-15(16)19-17(20)14-5-4-8-18-10-14/h6-7,9,12,14,18H,4-5,8,10-11H2,1-3H3. The van der Waals surface area contributed by atoms with E-state index in [2.05, 4.69) is 48.9 Å². The van der Waals surface area contributed by atoms with Crippen molar-refractivity contribution in [1.29, 1.82) is 0 Å². The Morgan fingerprint density at radius 1 is 1.40 bits per heavy atom. The van der Waals surface area contributed by atoms with Crippen LogP contribution < -0.4 is 5.32 Å². The summed E-state index contributed by atoms with van der Waals surface area (Å²) in [4.78, 5) is 4.97. The number of benzene rings is 1. The lowest BCUT2D eigenvalue weighted by Gasteiger charge is -2.24. The topological polar surface area (TPSA) is 29.9 Å². The van der Waals surface area contributed by atoms with Crippen LogP contribution in [0.5, 0.6) is 0 Å². The van der Waals surface area contributed by atoms with Gasteiger partial charge in [-0.3, -0.25) is 0 Å².